The Morgan fingerprint density at radius 2 is 2.00 bits per heavy atom. The molecule has 0 unspecified atom stereocenters. The topological polar surface area (TPSA) is 66.8 Å². The molecule has 0 aliphatic heterocycles. The van der Waals surface area contributed by atoms with Gasteiger partial charge < -0.3 is 4.90 Å². The lowest BCUT2D eigenvalue weighted by Crippen LogP contribution is -2.26. The molecule has 4 aromatic rings. The fourth-order valence-electron chi connectivity index (χ4n) is 2.98. The highest BCUT2D eigenvalue weighted by Crippen LogP contribution is 2.19. The number of rotatable bonds is 4. The average molecular weight is 345 g/mol. The first-order chi connectivity index (χ1) is 12.6. The first-order valence-electron chi connectivity index (χ1n) is 8.41. The van der Waals surface area contributed by atoms with Gasteiger partial charge in [0.05, 0.1) is 17.4 Å². The zero-order chi connectivity index (χ0) is 18.1. The number of carbonyl (C=O) groups excluding carboxylic acids is 1. The number of nitrogens with one attached hydrogen (secondary N) is 1. The fraction of sp³-hybridized carbons (Fsp3) is 0.150. The molecule has 26 heavy (non-hydrogen) atoms. The van der Waals surface area contributed by atoms with Gasteiger partial charge in [-0.25, -0.2) is 4.68 Å². The third-order valence-electron chi connectivity index (χ3n) is 4.34. The largest absolute Gasteiger partial charge is 0.336 e. The van der Waals surface area contributed by atoms with E-state index >= 15 is 0 Å². The van der Waals surface area contributed by atoms with Gasteiger partial charge in [0.2, 0.25) is 0 Å². The molecule has 0 radical (unpaired) electrons. The number of carbonyl (C=O) groups is 1. The molecule has 0 aliphatic carbocycles. The Balaban J connectivity index is 1.54. The molecular weight excluding hydrogens is 326 g/mol. The summed E-state index contributed by atoms with van der Waals surface area (Å²) in [5, 5.41) is 12.4. The molecule has 4 rings (SSSR count). The Hall–Kier alpha value is -3.41. The summed E-state index contributed by atoms with van der Waals surface area (Å²) in [5.74, 6) is -0.116. The van der Waals surface area contributed by atoms with Crippen molar-refractivity contribution in [3.8, 4) is 5.69 Å². The normalized spacial score (nSPS) is 11.0. The first-order valence-corrected chi connectivity index (χ1v) is 8.41. The number of aromatic nitrogens is 4. The second-order valence-corrected chi connectivity index (χ2v) is 6.41. The van der Waals surface area contributed by atoms with E-state index in [1.165, 1.54) is 0 Å². The summed E-state index contributed by atoms with van der Waals surface area (Å²) in [6.07, 6.45) is 3.72. The van der Waals surface area contributed by atoms with Crippen LogP contribution in [0.4, 0.5) is 0 Å². The molecule has 2 heterocycles. The van der Waals surface area contributed by atoms with Crippen LogP contribution in [0.25, 0.3) is 16.6 Å². The van der Waals surface area contributed by atoms with Crippen molar-refractivity contribution in [2.75, 3.05) is 7.05 Å². The Morgan fingerprint density at radius 3 is 2.81 bits per heavy atom. The number of aromatic amines is 1. The van der Waals surface area contributed by atoms with Crippen LogP contribution in [0.15, 0.2) is 60.9 Å². The second kappa shape index (κ2) is 6.48. The third kappa shape index (κ3) is 2.97. The molecule has 2 aromatic heterocycles. The molecule has 0 spiro atoms. The number of benzene rings is 2. The lowest BCUT2D eigenvalue weighted by molar-refractivity contribution is 0.0781. The van der Waals surface area contributed by atoms with Gasteiger partial charge in [-0.05, 0) is 31.2 Å². The number of para-hydroxylation sites is 1. The number of hydrogen-bond donors (Lipinski definition) is 1. The molecule has 0 saturated carbocycles. The summed E-state index contributed by atoms with van der Waals surface area (Å²) in [6.45, 7) is 2.47. The summed E-state index contributed by atoms with van der Waals surface area (Å²) in [4.78, 5) is 14.5. The van der Waals surface area contributed by atoms with Gasteiger partial charge >= 0.3 is 0 Å². The van der Waals surface area contributed by atoms with Crippen LogP contribution in [0, 0.1) is 6.92 Å². The average Bonchev–Trinajstić information content (AvgIpc) is 3.28. The number of fused-ring (bicyclic) bond motifs is 1. The lowest BCUT2D eigenvalue weighted by Gasteiger charge is -2.15. The molecule has 2 aromatic carbocycles. The molecule has 0 saturated heterocycles. The number of aryl methyl sites for hydroxylation is 1. The van der Waals surface area contributed by atoms with E-state index in [2.05, 4.69) is 15.3 Å². The van der Waals surface area contributed by atoms with Crippen molar-refractivity contribution in [2.45, 2.75) is 13.5 Å². The number of nitrogens with zero attached hydrogens (tertiary/aromatic N) is 4. The monoisotopic (exact) mass is 345 g/mol. The maximum absolute atomic E-state index is 12.8. The van der Waals surface area contributed by atoms with Crippen molar-refractivity contribution >= 4 is 16.8 Å². The molecule has 0 fully saturated rings. The predicted octanol–water partition coefficient (Wildman–Crippen LogP) is 3.33. The number of H-pyrrole nitrogens is 1. The molecule has 1 N–H and O–H groups in total. The zero-order valence-corrected chi connectivity index (χ0v) is 14.7. The minimum atomic E-state index is -0.116. The number of hydrogen-bond acceptors (Lipinski definition) is 3. The van der Waals surface area contributed by atoms with Crippen molar-refractivity contribution in [2.24, 2.45) is 0 Å². The van der Waals surface area contributed by atoms with E-state index in [-0.39, 0.29) is 5.91 Å². The highest BCUT2D eigenvalue weighted by molar-refractivity contribution is 6.04. The fourth-order valence-corrected chi connectivity index (χ4v) is 2.98. The van der Waals surface area contributed by atoms with Crippen molar-refractivity contribution in [3.63, 3.8) is 0 Å². The minimum absolute atomic E-state index is 0.116. The maximum atomic E-state index is 12.8. The van der Waals surface area contributed by atoms with E-state index in [1.54, 1.807) is 22.8 Å². The van der Waals surface area contributed by atoms with Crippen LogP contribution in [0.3, 0.4) is 0 Å². The SMILES string of the molecule is Cc1ccc2[nH]nc(C(=O)N(C)Cc3cnn(-c4ccccc4)c3)c2c1. The molecule has 6 heteroatoms. The Labute approximate surface area is 151 Å². The van der Waals surface area contributed by atoms with Crippen molar-refractivity contribution in [1.82, 2.24) is 24.9 Å². The third-order valence-corrected chi connectivity index (χ3v) is 4.34. The molecule has 6 nitrogen and oxygen atoms in total. The maximum Gasteiger partial charge on any atom is 0.275 e. The van der Waals surface area contributed by atoms with E-state index in [4.69, 9.17) is 0 Å². The van der Waals surface area contributed by atoms with Crippen molar-refractivity contribution in [3.05, 3.63) is 77.7 Å². The number of amides is 1. The summed E-state index contributed by atoms with van der Waals surface area (Å²) < 4.78 is 1.81. The lowest BCUT2D eigenvalue weighted by atomic mass is 10.1. The van der Waals surface area contributed by atoms with Gasteiger partial charge in [-0.3, -0.25) is 9.89 Å². The minimum Gasteiger partial charge on any atom is -0.336 e. The van der Waals surface area contributed by atoms with E-state index in [9.17, 15) is 4.79 Å². The molecule has 0 atom stereocenters. The van der Waals surface area contributed by atoms with Gasteiger partial charge in [0.15, 0.2) is 5.69 Å². The van der Waals surface area contributed by atoms with Crippen LogP contribution in [0.2, 0.25) is 0 Å². The van der Waals surface area contributed by atoms with E-state index in [1.807, 2.05) is 61.7 Å². The van der Waals surface area contributed by atoms with Gasteiger partial charge in [-0.2, -0.15) is 10.2 Å². The Kier molecular flexibility index (Phi) is 4.01. The van der Waals surface area contributed by atoms with E-state index in [0.717, 1.165) is 27.7 Å². The van der Waals surface area contributed by atoms with Crippen LogP contribution < -0.4 is 0 Å². The van der Waals surface area contributed by atoms with Crippen LogP contribution in [-0.4, -0.2) is 37.8 Å². The molecule has 130 valence electrons. The van der Waals surface area contributed by atoms with E-state index in [0.29, 0.717) is 12.2 Å². The highest BCUT2D eigenvalue weighted by atomic mass is 16.2. The van der Waals surface area contributed by atoms with E-state index < -0.39 is 0 Å². The summed E-state index contributed by atoms with van der Waals surface area (Å²) in [6, 6.07) is 15.8. The van der Waals surface area contributed by atoms with Crippen LogP contribution >= 0.6 is 0 Å². The van der Waals surface area contributed by atoms with Crippen LogP contribution in [0.1, 0.15) is 21.6 Å². The molecular formula is C20H19N5O. The summed E-state index contributed by atoms with van der Waals surface area (Å²) in [5.41, 5.74) is 4.35. The highest BCUT2D eigenvalue weighted by Gasteiger charge is 2.19. The predicted molar refractivity (Wildman–Crippen MR) is 100 cm³/mol. The van der Waals surface area contributed by atoms with Crippen molar-refractivity contribution < 1.29 is 4.79 Å². The van der Waals surface area contributed by atoms with Crippen molar-refractivity contribution in [1.29, 1.82) is 0 Å². The first kappa shape index (κ1) is 16.1. The van der Waals surface area contributed by atoms with Gasteiger partial charge in [0, 0.05) is 30.7 Å². The summed E-state index contributed by atoms with van der Waals surface area (Å²) >= 11 is 0. The summed E-state index contributed by atoms with van der Waals surface area (Å²) in [7, 11) is 1.78. The Morgan fingerprint density at radius 1 is 1.19 bits per heavy atom. The molecule has 0 aliphatic rings. The second-order valence-electron chi connectivity index (χ2n) is 6.41. The molecule has 1 amide bonds. The van der Waals surface area contributed by atoms with Crippen LogP contribution in [-0.2, 0) is 6.54 Å². The Bertz CT molecular complexity index is 1060. The molecule has 0 bridgehead atoms. The van der Waals surface area contributed by atoms with Gasteiger partial charge in [0.25, 0.3) is 5.91 Å². The van der Waals surface area contributed by atoms with Gasteiger partial charge in [-0.1, -0.05) is 29.8 Å². The standard InChI is InChI=1S/C20H19N5O/c1-14-8-9-18-17(10-14)19(23-22-18)20(26)24(2)12-15-11-21-25(13-15)16-6-4-3-5-7-16/h3-11,13H,12H2,1-2H3,(H,22,23). The van der Waals surface area contributed by atoms with Gasteiger partial charge in [0.1, 0.15) is 0 Å². The van der Waals surface area contributed by atoms with Crippen LogP contribution in [0.5, 0.6) is 0 Å². The quantitative estimate of drug-likeness (QED) is 0.617. The van der Waals surface area contributed by atoms with Gasteiger partial charge in [-0.15, -0.1) is 0 Å². The smallest absolute Gasteiger partial charge is 0.275 e. The zero-order valence-electron chi connectivity index (χ0n) is 14.7.